The molecule has 0 atom stereocenters. The van der Waals surface area contributed by atoms with Gasteiger partial charge in [0.15, 0.2) is 0 Å². The Labute approximate surface area is 110 Å². The number of hydrogen-bond acceptors (Lipinski definition) is 3. The predicted molar refractivity (Wildman–Crippen MR) is 68.4 cm³/mol. The highest BCUT2D eigenvalue weighted by Gasteiger charge is 2.44. The Hall–Kier alpha value is -2.07. The summed E-state index contributed by atoms with van der Waals surface area (Å²) in [4.78, 5) is 10.9. The SMILES string of the molecule is Cc1ccc(C2(c3ccc(C(=O)O)cc3)COC2)o1. The van der Waals surface area contributed by atoms with Gasteiger partial charge < -0.3 is 14.3 Å². The van der Waals surface area contributed by atoms with Gasteiger partial charge in [-0.15, -0.1) is 0 Å². The molecule has 1 saturated heterocycles. The van der Waals surface area contributed by atoms with Crippen molar-refractivity contribution in [2.75, 3.05) is 13.2 Å². The van der Waals surface area contributed by atoms with Crippen LogP contribution in [-0.2, 0) is 10.2 Å². The van der Waals surface area contributed by atoms with Crippen molar-refractivity contribution in [1.29, 1.82) is 0 Å². The van der Waals surface area contributed by atoms with E-state index in [9.17, 15) is 4.79 Å². The number of rotatable bonds is 3. The molecule has 1 aliphatic heterocycles. The van der Waals surface area contributed by atoms with E-state index in [1.807, 2.05) is 31.2 Å². The molecule has 1 N–H and O–H groups in total. The zero-order valence-corrected chi connectivity index (χ0v) is 10.6. The zero-order valence-electron chi connectivity index (χ0n) is 10.6. The van der Waals surface area contributed by atoms with Gasteiger partial charge in [0, 0.05) is 0 Å². The van der Waals surface area contributed by atoms with Gasteiger partial charge in [0.25, 0.3) is 0 Å². The smallest absolute Gasteiger partial charge is 0.335 e. The lowest BCUT2D eigenvalue weighted by atomic mass is 9.76. The average molecular weight is 258 g/mol. The number of furan rings is 1. The minimum absolute atomic E-state index is 0.273. The van der Waals surface area contributed by atoms with Gasteiger partial charge in [-0.2, -0.15) is 0 Å². The van der Waals surface area contributed by atoms with Crippen LogP contribution in [0.25, 0.3) is 0 Å². The number of aryl methyl sites for hydroxylation is 1. The number of carboxylic acids is 1. The zero-order chi connectivity index (χ0) is 13.5. The Morgan fingerprint density at radius 2 is 1.84 bits per heavy atom. The largest absolute Gasteiger partial charge is 0.478 e. The van der Waals surface area contributed by atoms with Crippen LogP contribution in [0.3, 0.4) is 0 Å². The molecule has 3 rings (SSSR count). The maximum atomic E-state index is 10.9. The third kappa shape index (κ3) is 1.85. The second-order valence-electron chi connectivity index (χ2n) is 4.87. The van der Waals surface area contributed by atoms with Crippen LogP contribution in [0.15, 0.2) is 40.8 Å². The summed E-state index contributed by atoms with van der Waals surface area (Å²) in [6, 6.07) is 10.8. The Morgan fingerprint density at radius 1 is 1.16 bits per heavy atom. The quantitative estimate of drug-likeness (QED) is 0.919. The monoisotopic (exact) mass is 258 g/mol. The molecule has 1 fully saturated rings. The second kappa shape index (κ2) is 4.24. The molecule has 4 heteroatoms. The van der Waals surface area contributed by atoms with E-state index in [4.69, 9.17) is 14.3 Å². The molecule has 98 valence electrons. The Morgan fingerprint density at radius 3 is 2.26 bits per heavy atom. The van der Waals surface area contributed by atoms with Crippen LogP contribution in [-0.4, -0.2) is 24.3 Å². The molecule has 19 heavy (non-hydrogen) atoms. The maximum absolute atomic E-state index is 10.9. The Bertz CT molecular complexity index is 605. The lowest BCUT2D eigenvalue weighted by Gasteiger charge is -2.40. The Balaban J connectivity index is 2.00. The fourth-order valence-electron chi connectivity index (χ4n) is 2.38. The van der Waals surface area contributed by atoms with Gasteiger partial charge in [-0.3, -0.25) is 0 Å². The first kappa shape index (κ1) is 12.0. The van der Waals surface area contributed by atoms with E-state index in [-0.39, 0.29) is 11.0 Å². The molecule has 1 aromatic carbocycles. The summed E-state index contributed by atoms with van der Waals surface area (Å²) >= 11 is 0. The fourth-order valence-corrected chi connectivity index (χ4v) is 2.38. The van der Waals surface area contributed by atoms with E-state index in [0.717, 1.165) is 17.1 Å². The average Bonchev–Trinajstić information content (AvgIpc) is 2.75. The second-order valence-corrected chi connectivity index (χ2v) is 4.87. The van der Waals surface area contributed by atoms with Gasteiger partial charge >= 0.3 is 5.97 Å². The number of aromatic carboxylic acids is 1. The molecule has 4 nitrogen and oxygen atoms in total. The lowest BCUT2D eigenvalue weighted by Crippen LogP contribution is -2.47. The van der Waals surface area contributed by atoms with E-state index in [1.54, 1.807) is 12.1 Å². The number of carbonyl (C=O) groups is 1. The molecule has 0 bridgehead atoms. The molecular formula is C15H14O4. The number of benzene rings is 1. The van der Waals surface area contributed by atoms with Crippen LogP contribution >= 0.6 is 0 Å². The number of carboxylic acid groups (broad SMARTS) is 1. The van der Waals surface area contributed by atoms with Gasteiger partial charge in [-0.25, -0.2) is 4.79 Å². The minimum Gasteiger partial charge on any atom is -0.478 e. The predicted octanol–water partition coefficient (Wildman–Crippen LogP) is 2.60. The first-order valence-corrected chi connectivity index (χ1v) is 6.10. The molecule has 2 heterocycles. The van der Waals surface area contributed by atoms with Crippen molar-refractivity contribution in [3.63, 3.8) is 0 Å². The Kier molecular flexibility index (Phi) is 2.68. The van der Waals surface area contributed by atoms with Gasteiger partial charge in [0.05, 0.1) is 24.2 Å². The van der Waals surface area contributed by atoms with Gasteiger partial charge in [-0.05, 0) is 36.8 Å². The van der Waals surface area contributed by atoms with E-state index >= 15 is 0 Å². The van der Waals surface area contributed by atoms with Crippen molar-refractivity contribution in [1.82, 2.24) is 0 Å². The molecule has 0 aliphatic carbocycles. The highest BCUT2D eigenvalue weighted by molar-refractivity contribution is 5.87. The molecule has 0 spiro atoms. The molecule has 1 aromatic heterocycles. The standard InChI is InChI=1S/C15H14O4/c1-10-2-7-13(19-10)15(8-18-9-15)12-5-3-11(4-6-12)14(16)17/h2-7H,8-9H2,1H3,(H,16,17). The topological polar surface area (TPSA) is 59.7 Å². The maximum Gasteiger partial charge on any atom is 0.335 e. The van der Waals surface area contributed by atoms with Crippen LogP contribution in [0.5, 0.6) is 0 Å². The highest BCUT2D eigenvalue weighted by atomic mass is 16.5. The van der Waals surface area contributed by atoms with Gasteiger partial charge in [0.1, 0.15) is 11.5 Å². The molecular weight excluding hydrogens is 244 g/mol. The minimum atomic E-state index is -0.917. The van der Waals surface area contributed by atoms with Crippen molar-refractivity contribution < 1.29 is 19.1 Å². The van der Waals surface area contributed by atoms with Crippen molar-refractivity contribution in [2.24, 2.45) is 0 Å². The third-order valence-corrected chi connectivity index (χ3v) is 3.59. The summed E-state index contributed by atoms with van der Waals surface area (Å²) in [5.41, 5.74) is 1.04. The van der Waals surface area contributed by atoms with E-state index in [0.29, 0.717) is 13.2 Å². The van der Waals surface area contributed by atoms with E-state index in [1.165, 1.54) is 0 Å². The van der Waals surface area contributed by atoms with Gasteiger partial charge in [-0.1, -0.05) is 12.1 Å². The molecule has 0 amide bonds. The summed E-state index contributed by atoms with van der Waals surface area (Å²) in [5, 5.41) is 8.93. The van der Waals surface area contributed by atoms with Gasteiger partial charge in [0.2, 0.25) is 0 Å². The third-order valence-electron chi connectivity index (χ3n) is 3.59. The molecule has 0 radical (unpaired) electrons. The first-order valence-electron chi connectivity index (χ1n) is 6.10. The van der Waals surface area contributed by atoms with Crippen LogP contribution in [0.1, 0.15) is 27.4 Å². The van der Waals surface area contributed by atoms with Crippen LogP contribution < -0.4 is 0 Å². The molecule has 0 saturated carbocycles. The highest BCUT2D eigenvalue weighted by Crippen LogP contribution is 2.39. The molecule has 0 unspecified atom stereocenters. The molecule has 2 aromatic rings. The molecule has 1 aliphatic rings. The van der Waals surface area contributed by atoms with Crippen LogP contribution in [0, 0.1) is 6.92 Å². The van der Waals surface area contributed by atoms with Crippen LogP contribution in [0.4, 0.5) is 0 Å². The number of hydrogen-bond donors (Lipinski definition) is 1. The summed E-state index contributed by atoms with van der Waals surface area (Å²) < 4.78 is 11.1. The summed E-state index contributed by atoms with van der Waals surface area (Å²) in [5.74, 6) is 0.821. The van der Waals surface area contributed by atoms with Crippen molar-refractivity contribution in [3.05, 3.63) is 59.0 Å². The normalized spacial score (nSPS) is 16.9. The number of ether oxygens (including phenoxy) is 1. The fraction of sp³-hybridized carbons (Fsp3) is 0.267. The lowest BCUT2D eigenvalue weighted by molar-refractivity contribution is -0.0478. The summed E-state index contributed by atoms with van der Waals surface area (Å²) in [6.45, 7) is 3.03. The van der Waals surface area contributed by atoms with Crippen molar-refractivity contribution in [3.8, 4) is 0 Å². The van der Waals surface area contributed by atoms with E-state index in [2.05, 4.69) is 0 Å². The first-order chi connectivity index (χ1) is 9.12. The summed E-state index contributed by atoms with van der Waals surface area (Å²) in [7, 11) is 0. The van der Waals surface area contributed by atoms with Crippen molar-refractivity contribution >= 4 is 5.97 Å². The summed E-state index contributed by atoms with van der Waals surface area (Å²) in [6.07, 6.45) is 0. The van der Waals surface area contributed by atoms with Crippen molar-refractivity contribution in [2.45, 2.75) is 12.3 Å². The van der Waals surface area contributed by atoms with Crippen LogP contribution in [0.2, 0.25) is 0 Å². The van der Waals surface area contributed by atoms with E-state index < -0.39 is 5.97 Å².